The van der Waals surface area contributed by atoms with Crippen LogP contribution in [0.2, 0.25) is 0 Å². The molecule has 3 heterocycles. The molecule has 6 rings (SSSR count). The largest absolute Gasteiger partial charge is 0.444 e. The maximum Gasteiger partial charge on any atom is 0.410 e. The molecule has 0 N–H and O–H groups in total. The molecule has 1 amide bonds. The fraction of sp³-hybridized carbons (Fsp3) is 0.528. The zero-order valence-electron chi connectivity index (χ0n) is 27.0. The fourth-order valence-corrected chi connectivity index (χ4v) is 6.87. The first kappa shape index (κ1) is 30.2. The molecule has 8 heteroatoms. The van der Waals surface area contributed by atoms with Crippen LogP contribution in [0.25, 0.3) is 11.1 Å². The van der Waals surface area contributed by atoms with Crippen molar-refractivity contribution in [1.29, 1.82) is 5.26 Å². The summed E-state index contributed by atoms with van der Waals surface area (Å²) in [4.78, 5) is 19.4. The second-order valence-corrected chi connectivity index (χ2v) is 14.1. The molecule has 2 aromatic carbocycles. The maximum atomic E-state index is 12.5. The highest BCUT2D eigenvalue weighted by Crippen LogP contribution is 2.48. The third kappa shape index (κ3) is 6.08. The Kier molecular flexibility index (Phi) is 7.96. The molecule has 8 nitrogen and oxygen atoms in total. The van der Waals surface area contributed by atoms with Crippen molar-refractivity contribution in [1.82, 2.24) is 15.0 Å². The summed E-state index contributed by atoms with van der Waals surface area (Å²) in [6.07, 6.45) is 3.65. The number of aryl methyl sites for hydroxylation is 3. The molecule has 2 saturated heterocycles. The van der Waals surface area contributed by atoms with Crippen LogP contribution in [0.3, 0.4) is 0 Å². The van der Waals surface area contributed by atoms with Gasteiger partial charge >= 0.3 is 6.09 Å². The van der Waals surface area contributed by atoms with Crippen LogP contribution < -0.4 is 4.90 Å². The van der Waals surface area contributed by atoms with Gasteiger partial charge in [0.05, 0.1) is 17.2 Å². The van der Waals surface area contributed by atoms with Gasteiger partial charge in [0.25, 0.3) is 0 Å². The molecule has 3 aromatic rings. The summed E-state index contributed by atoms with van der Waals surface area (Å²) in [5, 5.41) is 13.9. The van der Waals surface area contributed by atoms with E-state index in [0.29, 0.717) is 12.0 Å². The molecule has 3 aliphatic rings. The predicted molar refractivity (Wildman–Crippen MR) is 172 cm³/mol. The highest BCUT2D eigenvalue weighted by atomic mass is 16.6. The van der Waals surface area contributed by atoms with Crippen LogP contribution in [0.15, 0.2) is 47.0 Å². The van der Waals surface area contributed by atoms with E-state index in [4.69, 9.17) is 9.26 Å². The minimum Gasteiger partial charge on any atom is -0.444 e. The van der Waals surface area contributed by atoms with Crippen LogP contribution in [0.4, 0.5) is 16.2 Å². The Bertz CT molecular complexity index is 1530. The molecule has 3 fully saturated rings. The second-order valence-electron chi connectivity index (χ2n) is 14.1. The lowest BCUT2D eigenvalue weighted by molar-refractivity contribution is -0.00120. The number of nitrogens with zero attached hydrogens (tertiary/aromatic N) is 5. The Morgan fingerprint density at radius 3 is 2.34 bits per heavy atom. The summed E-state index contributed by atoms with van der Waals surface area (Å²) in [7, 11) is 0. The third-order valence-corrected chi connectivity index (χ3v) is 9.58. The van der Waals surface area contributed by atoms with E-state index in [1.54, 1.807) is 0 Å². The second kappa shape index (κ2) is 11.6. The minimum absolute atomic E-state index is 0.198. The summed E-state index contributed by atoms with van der Waals surface area (Å²) < 4.78 is 11.1. The molecule has 2 aliphatic heterocycles. The maximum absolute atomic E-state index is 12.5. The van der Waals surface area contributed by atoms with Gasteiger partial charge in [-0.2, -0.15) is 5.26 Å². The molecule has 0 bridgehead atoms. The number of hydrogen-bond acceptors (Lipinski definition) is 7. The average molecular weight is 596 g/mol. The molecule has 0 unspecified atom stereocenters. The van der Waals surface area contributed by atoms with Crippen molar-refractivity contribution in [2.45, 2.75) is 84.3 Å². The van der Waals surface area contributed by atoms with E-state index < -0.39 is 5.60 Å². The third-order valence-electron chi connectivity index (χ3n) is 9.58. The summed E-state index contributed by atoms with van der Waals surface area (Å²) in [5.41, 5.74) is 6.96. The molecule has 44 heavy (non-hydrogen) atoms. The van der Waals surface area contributed by atoms with Crippen LogP contribution in [0.5, 0.6) is 0 Å². The number of piperidine rings is 1. The van der Waals surface area contributed by atoms with Gasteiger partial charge in [-0.3, -0.25) is 4.90 Å². The van der Waals surface area contributed by atoms with E-state index in [0.717, 1.165) is 92.2 Å². The predicted octanol–water partition coefficient (Wildman–Crippen LogP) is 7.29. The van der Waals surface area contributed by atoms with Crippen molar-refractivity contribution in [3.8, 4) is 17.2 Å². The van der Waals surface area contributed by atoms with Crippen molar-refractivity contribution >= 4 is 17.5 Å². The lowest BCUT2D eigenvalue weighted by Crippen LogP contribution is -2.58. The standard InChI is InChI=1S/C36H45N5O3/c1-24-7-8-28(33-25(2)38-44-26(33)3)19-32(24)41(31-11-9-29(10-12-31)36(23-37)15-16-36)22-27-20-40(21-27)30-13-17-39(18-14-30)34(42)43-35(4,5)6/h7-12,19,27,30H,13-18,20-22H2,1-6H3. The molecule has 232 valence electrons. The van der Waals surface area contributed by atoms with E-state index in [-0.39, 0.29) is 11.5 Å². The number of nitriles is 1. The Balaban J connectivity index is 1.18. The Hall–Kier alpha value is -3.83. The normalized spacial score (nSPS) is 18.9. The average Bonchev–Trinajstić information content (AvgIpc) is 3.70. The molecule has 0 atom stereocenters. The van der Waals surface area contributed by atoms with Gasteiger partial charge in [-0.15, -0.1) is 0 Å². The number of likely N-dealkylation sites (tertiary alicyclic amines) is 2. The van der Waals surface area contributed by atoms with E-state index in [9.17, 15) is 10.1 Å². The molecule has 1 aliphatic carbocycles. The molecule has 1 saturated carbocycles. The number of carbonyl (C=O) groups is 1. The topological polar surface area (TPSA) is 85.8 Å². The van der Waals surface area contributed by atoms with Crippen LogP contribution >= 0.6 is 0 Å². The molecule has 0 radical (unpaired) electrons. The summed E-state index contributed by atoms with van der Waals surface area (Å²) in [6.45, 7) is 16.4. The summed E-state index contributed by atoms with van der Waals surface area (Å²) in [6, 6.07) is 18.3. The molecule has 1 aromatic heterocycles. The monoisotopic (exact) mass is 595 g/mol. The SMILES string of the molecule is Cc1ccc(-c2c(C)noc2C)cc1N(CC1CN(C2CCN(C(=O)OC(C)(C)C)CC2)C1)c1ccc(C2(C#N)CC2)cc1. The van der Waals surface area contributed by atoms with Gasteiger partial charge < -0.3 is 19.1 Å². The van der Waals surface area contributed by atoms with Crippen molar-refractivity contribution in [3.05, 3.63) is 65.0 Å². The van der Waals surface area contributed by atoms with Crippen molar-refractivity contribution in [3.63, 3.8) is 0 Å². The van der Waals surface area contributed by atoms with Crippen LogP contribution in [0, 0.1) is 38.0 Å². The Labute approximate surface area is 261 Å². The molecule has 0 spiro atoms. The number of aromatic nitrogens is 1. The van der Waals surface area contributed by atoms with E-state index in [1.165, 1.54) is 11.3 Å². The molecular weight excluding hydrogens is 550 g/mol. The highest BCUT2D eigenvalue weighted by molar-refractivity contribution is 5.76. The fourth-order valence-electron chi connectivity index (χ4n) is 6.87. The summed E-state index contributed by atoms with van der Waals surface area (Å²) in [5.74, 6) is 1.35. The summed E-state index contributed by atoms with van der Waals surface area (Å²) >= 11 is 0. The van der Waals surface area contributed by atoms with E-state index in [2.05, 4.69) is 70.4 Å². The number of rotatable bonds is 7. The quantitative estimate of drug-likeness (QED) is 0.283. The van der Waals surface area contributed by atoms with E-state index >= 15 is 0 Å². The first-order valence-electron chi connectivity index (χ1n) is 16.0. The van der Waals surface area contributed by atoms with E-state index in [1.807, 2.05) is 39.5 Å². The van der Waals surface area contributed by atoms with Gasteiger partial charge in [0.15, 0.2) is 0 Å². The van der Waals surface area contributed by atoms with Crippen LogP contribution in [0.1, 0.15) is 69.0 Å². The van der Waals surface area contributed by atoms with Gasteiger partial charge in [0.2, 0.25) is 0 Å². The lowest BCUT2D eigenvalue weighted by Gasteiger charge is -2.48. The van der Waals surface area contributed by atoms with Gasteiger partial charge in [-0.05, 0) is 102 Å². The first-order valence-corrected chi connectivity index (χ1v) is 16.0. The zero-order chi connectivity index (χ0) is 31.2. The lowest BCUT2D eigenvalue weighted by atomic mass is 9.92. The highest BCUT2D eigenvalue weighted by Gasteiger charge is 2.45. The van der Waals surface area contributed by atoms with Crippen molar-refractivity contribution in [2.75, 3.05) is 37.6 Å². The number of carbonyl (C=O) groups excluding carboxylic acids is 1. The van der Waals surface area contributed by atoms with Crippen molar-refractivity contribution in [2.24, 2.45) is 5.92 Å². The van der Waals surface area contributed by atoms with Crippen LogP contribution in [-0.2, 0) is 10.2 Å². The van der Waals surface area contributed by atoms with Gasteiger partial charge in [-0.1, -0.05) is 29.4 Å². The number of hydrogen-bond donors (Lipinski definition) is 0. The number of benzene rings is 2. The molecular formula is C36H45N5O3. The van der Waals surface area contributed by atoms with Gasteiger partial charge in [-0.25, -0.2) is 4.79 Å². The van der Waals surface area contributed by atoms with Crippen molar-refractivity contribution < 1.29 is 14.1 Å². The van der Waals surface area contributed by atoms with Crippen LogP contribution in [-0.4, -0.2) is 65.4 Å². The minimum atomic E-state index is -0.467. The van der Waals surface area contributed by atoms with Gasteiger partial charge in [0, 0.05) is 61.6 Å². The number of ether oxygens (including phenoxy) is 1. The van der Waals surface area contributed by atoms with Gasteiger partial charge in [0.1, 0.15) is 11.4 Å². The first-order chi connectivity index (χ1) is 21.0. The zero-order valence-corrected chi connectivity index (χ0v) is 27.0. The number of anilines is 2. The Morgan fingerprint density at radius 1 is 1.09 bits per heavy atom. The number of amides is 1. The smallest absolute Gasteiger partial charge is 0.410 e. The Morgan fingerprint density at radius 2 is 1.77 bits per heavy atom.